The van der Waals surface area contributed by atoms with Crippen molar-refractivity contribution in [2.75, 3.05) is 4.90 Å². The molecule has 3 aromatic carbocycles. The summed E-state index contributed by atoms with van der Waals surface area (Å²) in [6.45, 7) is 0.466. The number of carbonyl (C=O) groups excluding carboxylic acids is 2. The number of hydrogen-bond acceptors (Lipinski definition) is 6. The van der Waals surface area contributed by atoms with Gasteiger partial charge in [0.2, 0.25) is 11.8 Å². The maximum absolute atomic E-state index is 14.1. The number of amides is 2. The van der Waals surface area contributed by atoms with Crippen molar-refractivity contribution in [1.29, 1.82) is 0 Å². The Bertz CT molecular complexity index is 2090. The van der Waals surface area contributed by atoms with E-state index in [9.17, 15) is 14.4 Å². The van der Waals surface area contributed by atoms with Crippen LogP contribution in [-0.4, -0.2) is 21.6 Å². The first-order chi connectivity index (χ1) is 22.4. The van der Waals surface area contributed by atoms with Crippen molar-refractivity contribution in [2.24, 2.45) is 29.6 Å². The summed E-state index contributed by atoms with van der Waals surface area (Å²) in [6, 6.07) is 28.4. The van der Waals surface area contributed by atoms with Crippen LogP contribution in [0.15, 0.2) is 105 Å². The predicted octanol–water partition coefficient (Wildman–Crippen LogP) is 8.20. The summed E-state index contributed by atoms with van der Waals surface area (Å²) in [7, 11) is 0. The van der Waals surface area contributed by atoms with Crippen LogP contribution < -0.4 is 9.77 Å². The zero-order chi connectivity index (χ0) is 31.3. The number of carbonyl (C=O) groups is 2. The number of imide groups is 1. The highest BCUT2D eigenvalue weighted by Gasteiger charge is 2.70. The molecule has 2 amide bonds. The SMILES string of the molecule is O=C1[C@@H]2[C@H]3C[C@@H]([C@@H]2C(=O)N1c1ccc(Cl)cc1)[C@@H]1[C@H](c2ccc(-c4ccccc4Cl)o2)c2sc(=O)n(Cc4ccccc4)c2S[C@@H]31. The average molecular weight is 686 g/mol. The Balaban J connectivity index is 1.16. The lowest BCUT2D eigenvalue weighted by molar-refractivity contribution is -0.123. The lowest BCUT2D eigenvalue weighted by atomic mass is 9.69. The summed E-state index contributed by atoms with van der Waals surface area (Å²) < 4.78 is 8.50. The van der Waals surface area contributed by atoms with Crippen molar-refractivity contribution in [3.8, 4) is 11.3 Å². The number of hydrogen-bond donors (Lipinski definition) is 0. The Kier molecular flexibility index (Phi) is 6.69. The molecule has 0 N–H and O–H groups in total. The molecule has 1 saturated heterocycles. The van der Waals surface area contributed by atoms with Gasteiger partial charge in [-0.25, -0.2) is 0 Å². The number of halogens is 2. The van der Waals surface area contributed by atoms with Crippen LogP contribution in [0.5, 0.6) is 0 Å². The molecular weight excluding hydrogens is 659 g/mol. The summed E-state index contributed by atoms with van der Waals surface area (Å²) in [6.07, 6.45) is 0.802. The topological polar surface area (TPSA) is 72.5 Å². The molecule has 0 unspecified atom stereocenters. The van der Waals surface area contributed by atoms with E-state index in [0.29, 0.717) is 28.0 Å². The molecule has 0 spiro atoms. The zero-order valence-corrected chi connectivity index (χ0v) is 27.4. The van der Waals surface area contributed by atoms with Gasteiger partial charge in [-0.3, -0.25) is 23.9 Å². The van der Waals surface area contributed by atoms with Crippen molar-refractivity contribution < 1.29 is 14.0 Å². The highest BCUT2D eigenvalue weighted by molar-refractivity contribution is 8.00. The molecule has 4 heterocycles. The van der Waals surface area contributed by atoms with Crippen LogP contribution in [0.25, 0.3) is 11.3 Å². The molecule has 5 aromatic rings. The second-order valence-corrected chi connectivity index (χ2v) is 15.5. The molecule has 4 aliphatic rings. The van der Waals surface area contributed by atoms with Crippen molar-refractivity contribution >= 4 is 63.8 Å². The number of nitrogens with zero attached hydrogens (tertiary/aromatic N) is 2. The lowest BCUT2D eigenvalue weighted by Gasteiger charge is -2.42. The fraction of sp³-hybridized carbons (Fsp3) is 0.250. The quantitative estimate of drug-likeness (QED) is 0.175. The second kappa shape index (κ2) is 10.7. The fourth-order valence-electron chi connectivity index (χ4n) is 8.51. The molecule has 2 aromatic heterocycles. The van der Waals surface area contributed by atoms with Crippen molar-refractivity contribution in [1.82, 2.24) is 4.57 Å². The van der Waals surface area contributed by atoms with Gasteiger partial charge in [-0.1, -0.05) is 77.0 Å². The van der Waals surface area contributed by atoms with Crippen molar-refractivity contribution in [2.45, 2.75) is 29.2 Å². The van der Waals surface area contributed by atoms with E-state index >= 15 is 0 Å². The Morgan fingerprint density at radius 2 is 1.52 bits per heavy atom. The molecule has 10 heteroatoms. The highest BCUT2D eigenvalue weighted by atomic mass is 35.5. The summed E-state index contributed by atoms with van der Waals surface area (Å²) in [5.41, 5.74) is 2.41. The molecule has 9 rings (SSSR count). The predicted molar refractivity (Wildman–Crippen MR) is 181 cm³/mol. The van der Waals surface area contributed by atoms with Crippen molar-refractivity contribution in [3.05, 3.63) is 127 Å². The number of rotatable bonds is 5. The Morgan fingerprint density at radius 1 is 0.804 bits per heavy atom. The first-order valence-corrected chi connectivity index (χ1v) is 17.8. The van der Waals surface area contributed by atoms with Gasteiger partial charge in [0.05, 0.1) is 44.9 Å². The lowest BCUT2D eigenvalue weighted by Crippen LogP contribution is -2.43. The van der Waals surface area contributed by atoms with Gasteiger partial charge in [-0.2, -0.15) is 0 Å². The number of furan rings is 1. The molecule has 46 heavy (non-hydrogen) atoms. The van der Waals surface area contributed by atoms with Crippen molar-refractivity contribution in [3.63, 3.8) is 0 Å². The molecule has 2 saturated carbocycles. The van der Waals surface area contributed by atoms with Gasteiger partial charge in [-0.05, 0) is 78.3 Å². The normalized spacial score (nSPS) is 27.6. The van der Waals surface area contributed by atoms with Gasteiger partial charge in [-0.15, -0.1) is 11.8 Å². The monoisotopic (exact) mass is 684 g/mol. The third-order valence-corrected chi connectivity index (χ3v) is 13.7. The number of thioether (sulfide) groups is 1. The molecule has 2 aliphatic carbocycles. The van der Waals surface area contributed by atoms with E-state index in [1.165, 1.54) is 16.2 Å². The van der Waals surface area contributed by atoms with E-state index in [4.69, 9.17) is 27.6 Å². The van der Waals surface area contributed by atoms with Gasteiger partial charge in [0.15, 0.2) is 0 Å². The van der Waals surface area contributed by atoms with Gasteiger partial charge in [0.25, 0.3) is 0 Å². The highest BCUT2D eigenvalue weighted by Crippen LogP contribution is 2.69. The first-order valence-electron chi connectivity index (χ1n) is 15.3. The molecule has 230 valence electrons. The van der Waals surface area contributed by atoms with Gasteiger partial charge >= 0.3 is 4.87 Å². The Hall–Kier alpha value is -3.56. The number of benzene rings is 3. The van der Waals surface area contributed by atoms with E-state index in [1.54, 1.807) is 36.0 Å². The van der Waals surface area contributed by atoms with Crippen LogP contribution in [0.1, 0.15) is 28.5 Å². The van der Waals surface area contributed by atoms with E-state index < -0.39 is 5.92 Å². The van der Waals surface area contributed by atoms with Crippen LogP contribution in [0, 0.1) is 29.6 Å². The number of fused-ring (bicyclic) bond motifs is 9. The van der Waals surface area contributed by atoms with Crippen LogP contribution in [0.4, 0.5) is 5.69 Å². The minimum atomic E-state index is -0.403. The van der Waals surface area contributed by atoms with Crippen LogP contribution >= 0.6 is 46.3 Å². The van der Waals surface area contributed by atoms with E-state index in [2.05, 4.69) is 0 Å². The largest absolute Gasteiger partial charge is 0.460 e. The average Bonchev–Trinajstić information content (AvgIpc) is 3.87. The van der Waals surface area contributed by atoms with E-state index in [0.717, 1.165) is 33.2 Å². The first kappa shape index (κ1) is 28.6. The standard InChI is InChI=1S/C36H26Cl2N2O4S2/c37-19-10-12-20(13-11-19)40-33(41)28-22-16-23(29(28)34(40)42)31-27(22)30(26-15-14-25(44-26)21-8-4-5-9-24(21)38)32-35(45-31)39(36(43)46-32)17-18-6-2-1-3-7-18/h1-15,22-23,27-31H,16-17H2/t22-,23-,27-,28+,29-,30+,31+/m1/s1. The maximum Gasteiger partial charge on any atom is 0.308 e. The summed E-state index contributed by atoms with van der Waals surface area (Å²) in [5.74, 6) is 0.161. The third kappa shape index (κ3) is 4.20. The van der Waals surface area contributed by atoms with Gasteiger partial charge in [0, 0.05) is 15.8 Å². The Morgan fingerprint density at radius 3 is 2.28 bits per heavy atom. The second-order valence-electron chi connectivity index (χ2n) is 12.5. The molecule has 2 aliphatic heterocycles. The van der Waals surface area contributed by atoms with Gasteiger partial charge < -0.3 is 4.42 Å². The van der Waals surface area contributed by atoms with Crippen LogP contribution in [-0.2, 0) is 16.1 Å². The van der Waals surface area contributed by atoms with E-state index in [-0.39, 0.29) is 51.5 Å². The van der Waals surface area contributed by atoms with Crippen LogP contribution in [0.2, 0.25) is 10.0 Å². The maximum atomic E-state index is 14.1. The zero-order valence-electron chi connectivity index (χ0n) is 24.2. The van der Waals surface area contributed by atoms with Crippen LogP contribution in [0.3, 0.4) is 0 Å². The number of anilines is 1. The number of aromatic nitrogens is 1. The minimum absolute atomic E-state index is 0.00702. The summed E-state index contributed by atoms with van der Waals surface area (Å²) in [4.78, 5) is 44.1. The smallest absolute Gasteiger partial charge is 0.308 e. The molecular formula is C36H26Cl2N2O4S2. The fourth-order valence-corrected chi connectivity index (χ4v) is 12.0. The number of thiazole rings is 1. The summed E-state index contributed by atoms with van der Waals surface area (Å²) in [5, 5.41) is 2.14. The molecule has 0 radical (unpaired) electrons. The third-order valence-electron chi connectivity index (χ3n) is 10.3. The summed E-state index contributed by atoms with van der Waals surface area (Å²) >= 11 is 15.7. The molecule has 6 nitrogen and oxygen atoms in total. The minimum Gasteiger partial charge on any atom is -0.460 e. The molecule has 3 fully saturated rings. The Labute approximate surface area is 282 Å². The van der Waals surface area contributed by atoms with E-state index in [1.807, 2.05) is 71.3 Å². The van der Waals surface area contributed by atoms with Gasteiger partial charge in [0.1, 0.15) is 11.5 Å². The molecule has 7 atom stereocenters. The molecule has 2 bridgehead atoms.